The van der Waals surface area contributed by atoms with Crippen LogP contribution in [0.25, 0.3) is 0 Å². The van der Waals surface area contributed by atoms with E-state index < -0.39 is 0 Å². The molecule has 0 saturated heterocycles. The largest absolute Gasteiger partial charge is 0.383 e. The smallest absolute Gasteiger partial charge is 0.270 e. The van der Waals surface area contributed by atoms with Crippen molar-refractivity contribution in [2.24, 2.45) is 0 Å². The van der Waals surface area contributed by atoms with Crippen molar-refractivity contribution < 1.29 is 9.53 Å². The van der Waals surface area contributed by atoms with Crippen LogP contribution in [0.2, 0.25) is 0 Å². The van der Waals surface area contributed by atoms with Gasteiger partial charge in [0.05, 0.1) is 18.5 Å². The van der Waals surface area contributed by atoms with E-state index in [9.17, 15) is 4.79 Å². The number of methoxy groups -OCH3 is 1. The molecule has 0 spiro atoms. The second kappa shape index (κ2) is 6.85. The summed E-state index contributed by atoms with van der Waals surface area (Å²) in [6.45, 7) is 5.18. The molecule has 0 aliphatic carbocycles. The lowest BCUT2D eigenvalue weighted by molar-refractivity contribution is 0.0938. The lowest BCUT2D eigenvalue weighted by atomic mass is 10.3. The molecule has 1 amide bonds. The van der Waals surface area contributed by atoms with E-state index >= 15 is 0 Å². The zero-order chi connectivity index (χ0) is 12.7. The Morgan fingerprint density at radius 3 is 2.76 bits per heavy atom. The van der Waals surface area contributed by atoms with Crippen LogP contribution in [0.4, 0.5) is 5.69 Å². The van der Waals surface area contributed by atoms with Crippen LogP contribution < -0.4 is 10.6 Å². The number of aromatic nitrogens is 1. The van der Waals surface area contributed by atoms with Gasteiger partial charge in [-0.05, 0) is 26.0 Å². The monoisotopic (exact) mass is 237 g/mol. The Morgan fingerprint density at radius 2 is 2.24 bits per heavy atom. The van der Waals surface area contributed by atoms with Gasteiger partial charge in [-0.25, -0.2) is 4.98 Å². The minimum Gasteiger partial charge on any atom is -0.383 e. The highest BCUT2D eigenvalue weighted by Gasteiger charge is 2.07. The fourth-order valence-electron chi connectivity index (χ4n) is 1.27. The minimum atomic E-state index is -0.150. The molecular formula is C12H19N3O2. The van der Waals surface area contributed by atoms with Gasteiger partial charge in [-0.1, -0.05) is 0 Å². The number of rotatable bonds is 6. The fourth-order valence-corrected chi connectivity index (χ4v) is 1.27. The number of hydrogen-bond donors (Lipinski definition) is 2. The van der Waals surface area contributed by atoms with E-state index in [4.69, 9.17) is 4.74 Å². The molecule has 0 aromatic carbocycles. The highest BCUT2D eigenvalue weighted by Crippen LogP contribution is 2.05. The predicted molar refractivity (Wildman–Crippen MR) is 67.2 cm³/mol. The molecule has 0 atom stereocenters. The molecule has 0 aliphatic heterocycles. The number of nitrogens with zero attached hydrogens (tertiary/aromatic N) is 1. The SMILES string of the molecule is COCCNc1ccc(C(=O)NC(C)C)nc1. The molecule has 1 aromatic heterocycles. The first kappa shape index (κ1) is 13.4. The summed E-state index contributed by atoms with van der Waals surface area (Å²) in [5.41, 5.74) is 1.30. The maximum Gasteiger partial charge on any atom is 0.270 e. The van der Waals surface area contributed by atoms with Gasteiger partial charge in [-0.2, -0.15) is 0 Å². The molecule has 2 N–H and O–H groups in total. The van der Waals surface area contributed by atoms with Crippen molar-refractivity contribution in [2.45, 2.75) is 19.9 Å². The zero-order valence-corrected chi connectivity index (χ0v) is 10.5. The lowest BCUT2D eigenvalue weighted by Gasteiger charge is -2.08. The third-order valence-corrected chi connectivity index (χ3v) is 2.05. The van der Waals surface area contributed by atoms with E-state index in [-0.39, 0.29) is 11.9 Å². The third-order valence-electron chi connectivity index (χ3n) is 2.05. The van der Waals surface area contributed by atoms with Gasteiger partial charge in [0.25, 0.3) is 5.91 Å². The second-order valence-electron chi connectivity index (χ2n) is 3.98. The van der Waals surface area contributed by atoms with E-state index in [1.165, 1.54) is 0 Å². The van der Waals surface area contributed by atoms with Crippen LogP contribution in [0.5, 0.6) is 0 Å². The van der Waals surface area contributed by atoms with Gasteiger partial charge in [0.1, 0.15) is 5.69 Å². The summed E-state index contributed by atoms with van der Waals surface area (Å²) in [5, 5.41) is 5.92. The van der Waals surface area contributed by atoms with Crippen LogP contribution in [-0.4, -0.2) is 37.2 Å². The summed E-state index contributed by atoms with van der Waals surface area (Å²) in [6.07, 6.45) is 1.64. The van der Waals surface area contributed by atoms with Crippen molar-refractivity contribution in [3.8, 4) is 0 Å². The molecule has 0 aliphatic rings. The molecule has 0 bridgehead atoms. The first-order chi connectivity index (χ1) is 8.13. The summed E-state index contributed by atoms with van der Waals surface area (Å²) < 4.78 is 4.92. The Balaban J connectivity index is 2.52. The van der Waals surface area contributed by atoms with Crippen molar-refractivity contribution in [1.29, 1.82) is 0 Å². The quantitative estimate of drug-likeness (QED) is 0.732. The van der Waals surface area contributed by atoms with Crippen molar-refractivity contribution in [2.75, 3.05) is 25.6 Å². The van der Waals surface area contributed by atoms with Crippen LogP contribution in [0, 0.1) is 0 Å². The molecule has 1 aromatic rings. The molecule has 0 radical (unpaired) electrons. The molecule has 0 saturated carbocycles. The number of carbonyl (C=O) groups is 1. The standard InChI is InChI=1S/C12H19N3O2/c1-9(2)15-12(16)11-5-4-10(8-14-11)13-6-7-17-3/h4-5,8-9,13H,6-7H2,1-3H3,(H,15,16). The van der Waals surface area contributed by atoms with Crippen LogP contribution in [-0.2, 0) is 4.74 Å². The average Bonchev–Trinajstić information content (AvgIpc) is 2.29. The van der Waals surface area contributed by atoms with E-state index in [0.717, 1.165) is 12.2 Å². The van der Waals surface area contributed by atoms with Gasteiger partial charge in [-0.15, -0.1) is 0 Å². The van der Waals surface area contributed by atoms with Gasteiger partial charge in [-0.3, -0.25) is 4.79 Å². The van der Waals surface area contributed by atoms with E-state index in [0.29, 0.717) is 12.3 Å². The number of pyridine rings is 1. The summed E-state index contributed by atoms with van der Waals surface area (Å²) in [6, 6.07) is 3.65. The van der Waals surface area contributed by atoms with Crippen LogP contribution in [0.15, 0.2) is 18.3 Å². The topological polar surface area (TPSA) is 63.2 Å². The first-order valence-corrected chi connectivity index (χ1v) is 5.63. The van der Waals surface area contributed by atoms with Crippen LogP contribution in [0.3, 0.4) is 0 Å². The minimum absolute atomic E-state index is 0.115. The van der Waals surface area contributed by atoms with Crippen LogP contribution in [0.1, 0.15) is 24.3 Å². The molecule has 5 heteroatoms. The van der Waals surface area contributed by atoms with E-state index in [1.807, 2.05) is 19.9 Å². The number of hydrogen-bond acceptors (Lipinski definition) is 4. The average molecular weight is 237 g/mol. The van der Waals surface area contributed by atoms with E-state index in [1.54, 1.807) is 19.4 Å². The number of nitrogens with one attached hydrogen (secondary N) is 2. The summed E-state index contributed by atoms with van der Waals surface area (Å²) in [4.78, 5) is 15.7. The number of ether oxygens (including phenoxy) is 1. The van der Waals surface area contributed by atoms with Crippen molar-refractivity contribution in [3.05, 3.63) is 24.0 Å². The highest BCUT2D eigenvalue weighted by atomic mass is 16.5. The van der Waals surface area contributed by atoms with Crippen LogP contribution >= 0.6 is 0 Å². The number of carbonyl (C=O) groups excluding carboxylic acids is 1. The van der Waals surface area contributed by atoms with Gasteiger partial charge in [0.2, 0.25) is 0 Å². The lowest BCUT2D eigenvalue weighted by Crippen LogP contribution is -2.30. The maximum absolute atomic E-state index is 11.6. The molecule has 0 unspecified atom stereocenters. The Kier molecular flexibility index (Phi) is 5.42. The Hall–Kier alpha value is -1.62. The third kappa shape index (κ3) is 4.82. The molecule has 0 fully saturated rings. The van der Waals surface area contributed by atoms with Gasteiger partial charge in [0.15, 0.2) is 0 Å². The van der Waals surface area contributed by atoms with Gasteiger partial charge in [0, 0.05) is 19.7 Å². The number of anilines is 1. The van der Waals surface area contributed by atoms with Gasteiger partial charge >= 0.3 is 0 Å². The molecular weight excluding hydrogens is 218 g/mol. The Morgan fingerprint density at radius 1 is 1.47 bits per heavy atom. The Labute approximate surface area is 102 Å². The summed E-state index contributed by atoms with van der Waals surface area (Å²) in [7, 11) is 1.65. The van der Waals surface area contributed by atoms with Crippen molar-refractivity contribution in [3.63, 3.8) is 0 Å². The van der Waals surface area contributed by atoms with Gasteiger partial charge < -0.3 is 15.4 Å². The molecule has 1 heterocycles. The zero-order valence-electron chi connectivity index (χ0n) is 10.5. The molecule has 1 rings (SSSR count). The van der Waals surface area contributed by atoms with E-state index in [2.05, 4.69) is 15.6 Å². The molecule has 5 nitrogen and oxygen atoms in total. The Bertz CT molecular complexity index is 349. The second-order valence-corrected chi connectivity index (χ2v) is 3.98. The summed E-state index contributed by atoms with van der Waals surface area (Å²) in [5.74, 6) is -0.150. The highest BCUT2D eigenvalue weighted by molar-refractivity contribution is 5.92. The van der Waals surface area contributed by atoms with Crippen molar-refractivity contribution in [1.82, 2.24) is 10.3 Å². The molecule has 17 heavy (non-hydrogen) atoms. The molecule has 94 valence electrons. The summed E-state index contributed by atoms with van der Waals surface area (Å²) >= 11 is 0. The van der Waals surface area contributed by atoms with Crippen molar-refractivity contribution >= 4 is 11.6 Å². The predicted octanol–water partition coefficient (Wildman–Crippen LogP) is 1.28. The fraction of sp³-hybridized carbons (Fsp3) is 0.500. The number of amides is 1. The maximum atomic E-state index is 11.6. The first-order valence-electron chi connectivity index (χ1n) is 5.63. The normalized spacial score (nSPS) is 10.4.